The van der Waals surface area contributed by atoms with E-state index in [2.05, 4.69) is 14.4 Å². The second-order valence-electron chi connectivity index (χ2n) is 1.53. The lowest BCUT2D eigenvalue weighted by molar-refractivity contribution is 0.0550. The summed E-state index contributed by atoms with van der Waals surface area (Å²) in [4.78, 5) is 10.6. The van der Waals surface area contributed by atoms with Gasteiger partial charge in [0.2, 0.25) is 0 Å². The average Bonchev–Trinajstić information content (AvgIpc) is 2.34. The molecule has 5 nitrogen and oxygen atoms in total. The van der Waals surface area contributed by atoms with Crippen molar-refractivity contribution in [2.75, 3.05) is 7.11 Å². The fourth-order valence-corrected chi connectivity index (χ4v) is 0.469. The monoisotopic (exact) mass is 143 g/mol. The number of ether oxygens (including phenoxy) is 1. The van der Waals surface area contributed by atoms with Crippen LogP contribution < -0.4 is 0 Å². The zero-order valence-electron chi connectivity index (χ0n) is 5.20. The summed E-state index contributed by atoms with van der Waals surface area (Å²) in [6.45, 7) is 0. The van der Waals surface area contributed by atoms with Gasteiger partial charge < -0.3 is 14.4 Å². The van der Waals surface area contributed by atoms with Crippen LogP contribution in [0.3, 0.4) is 0 Å². The molecule has 0 aliphatic rings. The third-order valence-electron chi connectivity index (χ3n) is 0.922. The Bertz CT molecular complexity index is 242. The molecule has 10 heavy (non-hydrogen) atoms. The molecule has 0 atom stereocenters. The van der Waals surface area contributed by atoms with Gasteiger partial charge in [-0.25, -0.2) is 4.79 Å². The van der Waals surface area contributed by atoms with Gasteiger partial charge in [-0.3, -0.25) is 0 Å². The number of hydrogen-bond acceptors (Lipinski definition) is 5. The molecule has 1 aromatic heterocycles. The van der Waals surface area contributed by atoms with Gasteiger partial charge in [-0.15, -0.1) is 0 Å². The molecule has 0 radical (unpaired) electrons. The van der Waals surface area contributed by atoms with Crippen LogP contribution in [0, 0.1) is 0 Å². The Kier molecular flexibility index (Phi) is 1.57. The Morgan fingerprint density at radius 3 is 3.00 bits per heavy atom. The fourth-order valence-electron chi connectivity index (χ4n) is 0.469. The van der Waals surface area contributed by atoms with E-state index in [4.69, 9.17) is 5.11 Å². The molecule has 0 fully saturated rings. The molecule has 1 heterocycles. The van der Waals surface area contributed by atoms with Crippen molar-refractivity contribution >= 4 is 5.97 Å². The highest BCUT2D eigenvalue weighted by molar-refractivity contribution is 5.88. The second kappa shape index (κ2) is 2.38. The minimum atomic E-state index is -0.741. The van der Waals surface area contributed by atoms with Crippen molar-refractivity contribution < 1.29 is 19.2 Å². The highest BCUT2D eigenvalue weighted by Crippen LogP contribution is 2.14. The molecule has 54 valence electrons. The molecule has 1 aromatic rings. The molecule has 1 N–H and O–H groups in total. The molecular formula is C5H5NO4. The largest absolute Gasteiger partial charge is 0.503 e. The third kappa shape index (κ3) is 0.928. The molecule has 0 unspecified atom stereocenters. The van der Waals surface area contributed by atoms with Gasteiger partial charge in [0.15, 0.2) is 5.75 Å². The van der Waals surface area contributed by atoms with Crippen LogP contribution >= 0.6 is 0 Å². The first-order valence-electron chi connectivity index (χ1n) is 2.47. The van der Waals surface area contributed by atoms with E-state index in [-0.39, 0.29) is 11.5 Å². The molecule has 0 amide bonds. The van der Waals surface area contributed by atoms with Crippen LogP contribution in [0.5, 0.6) is 5.75 Å². The van der Waals surface area contributed by atoms with E-state index in [1.54, 1.807) is 0 Å². The van der Waals surface area contributed by atoms with Gasteiger partial charge in [0, 0.05) is 0 Å². The van der Waals surface area contributed by atoms with Crippen LogP contribution in [0.15, 0.2) is 10.7 Å². The van der Waals surface area contributed by atoms with Crippen molar-refractivity contribution in [2.24, 2.45) is 0 Å². The van der Waals surface area contributed by atoms with Crippen molar-refractivity contribution in [3.63, 3.8) is 0 Å². The van der Waals surface area contributed by atoms with Crippen LogP contribution in [0.2, 0.25) is 0 Å². The highest BCUT2D eigenvalue weighted by Gasteiger charge is 2.15. The minimum Gasteiger partial charge on any atom is -0.503 e. The first-order valence-corrected chi connectivity index (χ1v) is 2.47. The highest BCUT2D eigenvalue weighted by atomic mass is 16.6. The molecule has 1 rings (SSSR count). The smallest absolute Gasteiger partial charge is 0.380 e. The van der Waals surface area contributed by atoms with E-state index in [1.807, 2.05) is 0 Å². The summed E-state index contributed by atoms with van der Waals surface area (Å²) in [6.07, 6.45) is 1.02. The van der Waals surface area contributed by atoms with E-state index in [1.165, 1.54) is 7.11 Å². The van der Waals surface area contributed by atoms with Crippen molar-refractivity contribution in [3.8, 4) is 5.75 Å². The minimum absolute atomic E-state index is 0.275. The molecular weight excluding hydrogens is 138 g/mol. The standard InChI is InChI=1S/C5H5NO4/c1-9-5(8)4-3(7)2-6-10-4/h2,7H,1H3. The van der Waals surface area contributed by atoms with Crippen LogP contribution in [0.25, 0.3) is 0 Å². The number of aromatic hydroxyl groups is 1. The van der Waals surface area contributed by atoms with Crippen molar-refractivity contribution in [1.82, 2.24) is 5.16 Å². The van der Waals surface area contributed by atoms with Crippen LogP contribution in [0.1, 0.15) is 10.6 Å². The number of methoxy groups -OCH3 is 1. The number of carbonyl (C=O) groups is 1. The van der Waals surface area contributed by atoms with E-state index in [0.717, 1.165) is 6.20 Å². The van der Waals surface area contributed by atoms with Crippen molar-refractivity contribution in [3.05, 3.63) is 12.0 Å². The molecule has 0 aliphatic carbocycles. The van der Waals surface area contributed by atoms with E-state index >= 15 is 0 Å². The van der Waals surface area contributed by atoms with Gasteiger partial charge in [0.25, 0.3) is 5.76 Å². The maximum Gasteiger partial charge on any atom is 0.380 e. The second-order valence-corrected chi connectivity index (χ2v) is 1.53. The lowest BCUT2D eigenvalue weighted by Crippen LogP contribution is -1.98. The van der Waals surface area contributed by atoms with Crippen LogP contribution in [-0.2, 0) is 4.74 Å². The predicted octanol–water partition coefficient (Wildman–Crippen LogP) is 0.167. The molecule has 5 heteroatoms. The van der Waals surface area contributed by atoms with Gasteiger partial charge in [0.05, 0.1) is 7.11 Å². The summed E-state index contributed by atoms with van der Waals surface area (Å²) in [5.41, 5.74) is 0. The number of esters is 1. The molecule has 0 bridgehead atoms. The average molecular weight is 143 g/mol. The summed E-state index contributed by atoms with van der Waals surface area (Å²) < 4.78 is 8.59. The number of hydrogen-bond donors (Lipinski definition) is 1. The van der Waals surface area contributed by atoms with E-state index in [0.29, 0.717) is 0 Å². The van der Waals surface area contributed by atoms with E-state index < -0.39 is 5.97 Å². The Balaban J connectivity index is 2.93. The lowest BCUT2D eigenvalue weighted by atomic mass is 10.4. The summed E-state index contributed by atoms with van der Waals surface area (Å²) in [5, 5.41) is 12.0. The molecule has 0 saturated carbocycles. The normalized spacial score (nSPS) is 9.30. The zero-order valence-corrected chi connectivity index (χ0v) is 5.20. The summed E-state index contributed by atoms with van der Waals surface area (Å²) in [6, 6.07) is 0. The number of aromatic nitrogens is 1. The Hall–Kier alpha value is -1.52. The zero-order chi connectivity index (χ0) is 7.56. The molecule has 0 aromatic carbocycles. The first kappa shape index (κ1) is 6.60. The van der Waals surface area contributed by atoms with Gasteiger partial charge in [-0.05, 0) is 0 Å². The quantitative estimate of drug-likeness (QED) is 0.567. The first-order chi connectivity index (χ1) is 4.75. The Labute approximate surface area is 56.2 Å². The topological polar surface area (TPSA) is 72.6 Å². The number of nitrogens with zero attached hydrogens (tertiary/aromatic N) is 1. The Morgan fingerprint density at radius 1 is 1.90 bits per heavy atom. The third-order valence-corrected chi connectivity index (χ3v) is 0.922. The Morgan fingerprint density at radius 2 is 2.60 bits per heavy atom. The van der Waals surface area contributed by atoms with Gasteiger partial charge >= 0.3 is 5.97 Å². The maximum atomic E-state index is 10.6. The van der Waals surface area contributed by atoms with Gasteiger partial charge in [0.1, 0.15) is 6.20 Å². The summed E-state index contributed by atoms with van der Waals surface area (Å²) in [7, 11) is 1.18. The molecule has 0 aliphatic heterocycles. The van der Waals surface area contributed by atoms with Gasteiger partial charge in [-0.2, -0.15) is 0 Å². The number of rotatable bonds is 1. The van der Waals surface area contributed by atoms with E-state index in [9.17, 15) is 4.79 Å². The predicted molar refractivity (Wildman–Crippen MR) is 29.5 cm³/mol. The maximum absolute atomic E-state index is 10.6. The fraction of sp³-hybridized carbons (Fsp3) is 0.200. The summed E-state index contributed by atoms with van der Waals surface area (Å²) >= 11 is 0. The SMILES string of the molecule is COC(=O)c1oncc1O. The van der Waals surface area contributed by atoms with Gasteiger partial charge in [-0.1, -0.05) is 5.16 Å². The van der Waals surface area contributed by atoms with Crippen LogP contribution in [0.4, 0.5) is 0 Å². The van der Waals surface area contributed by atoms with Crippen molar-refractivity contribution in [1.29, 1.82) is 0 Å². The van der Waals surface area contributed by atoms with Crippen LogP contribution in [-0.4, -0.2) is 23.3 Å². The number of carbonyl (C=O) groups excluding carboxylic acids is 1. The molecule has 0 spiro atoms. The van der Waals surface area contributed by atoms with Crippen molar-refractivity contribution in [2.45, 2.75) is 0 Å². The molecule has 0 saturated heterocycles. The summed E-state index contributed by atoms with van der Waals surface area (Å²) in [5.74, 6) is -1.33. The lowest BCUT2D eigenvalue weighted by Gasteiger charge is -1.90.